The van der Waals surface area contributed by atoms with Gasteiger partial charge in [-0.1, -0.05) is 0 Å². The van der Waals surface area contributed by atoms with Crippen LogP contribution in [0.4, 0.5) is 10.8 Å². The molecule has 5 heteroatoms. The molecule has 0 saturated heterocycles. The molecule has 1 N–H and O–H groups in total. The van der Waals surface area contributed by atoms with E-state index in [1.54, 1.807) is 17.5 Å². The summed E-state index contributed by atoms with van der Waals surface area (Å²) in [5.41, 5.74) is 3.04. The Morgan fingerprint density at radius 3 is 2.68 bits per heavy atom. The smallest absolute Gasteiger partial charge is 0.187 e. The number of nitrogens with one attached hydrogen (secondary N) is 1. The van der Waals surface area contributed by atoms with Crippen molar-refractivity contribution in [2.24, 2.45) is 0 Å². The van der Waals surface area contributed by atoms with Crippen molar-refractivity contribution in [1.29, 1.82) is 0 Å². The third-order valence-corrected chi connectivity index (χ3v) is 4.03. The standard InChI is InChI=1S/C14H10IN3S/c15-11-3-5-12(6-4-11)17-14-18-13(9-19-14)10-2-1-7-16-8-10/h1-9H,(H,17,18). The maximum atomic E-state index is 4.56. The quantitative estimate of drug-likeness (QED) is 0.679. The van der Waals surface area contributed by atoms with Gasteiger partial charge in [-0.2, -0.15) is 0 Å². The van der Waals surface area contributed by atoms with E-state index in [1.165, 1.54) is 3.57 Å². The van der Waals surface area contributed by atoms with Crippen molar-refractivity contribution in [3.05, 3.63) is 57.7 Å². The molecule has 0 aliphatic rings. The second-order valence-corrected chi connectivity index (χ2v) is 6.02. The van der Waals surface area contributed by atoms with E-state index < -0.39 is 0 Å². The first-order chi connectivity index (χ1) is 9.31. The van der Waals surface area contributed by atoms with Gasteiger partial charge in [0.25, 0.3) is 0 Å². The maximum absolute atomic E-state index is 4.56. The lowest BCUT2D eigenvalue weighted by atomic mass is 10.2. The van der Waals surface area contributed by atoms with Crippen LogP contribution in [-0.4, -0.2) is 9.97 Å². The van der Waals surface area contributed by atoms with E-state index in [0.29, 0.717) is 0 Å². The normalized spacial score (nSPS) is 10.4. The van der Waals surface area contributed by atoms with Crippen LogP contribution in [0.3, 0.4) is 0 Å². The Morgan fingerprint density at radius 2 is 1.95 bits per heavy atom. The van der Waals surface area contributed by atoms with Gasteiger partial charge in [-0.15, -0.1) is 11.3 Å². The Labute approximate surface area is 128 Å². The molecule has 0 amide bonds. The second-order valence-electron chi connectivity index (χ2n) is 3.91. The van der Waals surface area contributed by atoms with Crippen LogP contribution in [0.5, 0.6) is 0 Å². The minimum atomic E-state index is 0.889. The molecule has 1 aromatic carbocycles. The highest BCUT2D eigenvalue weighted by molar-refractivity contribution is 14.1. The van der Waals surface area contributed by atoms with Crippen LogP contribution < -0.4 is 5.32 Å². The van der Waals surface area contributed by atoms with Crippen molar-refractivity contribution in [2.45, 2.75) is 0 Å². The molecule has 94 valence electrons. The van der Waals surface area contributed by atoms with Gasteiger partial charge in [-0.05, 0) is 59.0 Å². The fraction of sp³-hybridized carbons (Fsp3) is 0. The monoisotopic (exact) mass is 379 g/mol. The summed E-state index contributed by atoms with van der Waals surface area (Å²) in [5, 5.41) is 6.23. The molecule has 19 heavy (non-hydrogen) atoms. The Kier molecular flexibility index (Phi) is 3.74. The van der Waals surface area contributed by atoms with Gasteiger partial charge in [-0.3, -0.25) is 4.98 Å². The molecule has 0 aliphatic carbocycles. The number of aromatic nitrogens is 2. The largest absolute Gasteiger partial charge is 0.332 e. The number of hydrogen-bond acceptors (Lipinski definition) is 4. The van der Waals surface area contributed by atoms with Gasteiger partial charge in [0, 0.05) is 32.6 Å². The topological polar surface area (TPSA) is 37.8 Å². The molecule has 0 bridgehead atoms. The van der Waals surface area contributed by atoms with Crippen LogP contribution >= 0.6 is 33.9 Å². The van der Waals surface area contributed by atoms with Crippen LogP contribution in [0.1, 0.15) is 0 Å². The summed E-state index contributed by atoms with van der Waals surface area (Å²) >= 11 is 3.88. The fourth-order valence-electron chi connectivity index (χ4n) is 1.63. The number of thiazole rings is 1. The highest BCUT2D eigenvalue weighted by atomic mass is 127. The van der Waals surface area contributed by atoms with Gasteiger partial charge >= 0.3 is 0 Å². The van der Waals surface area contributed by atoms with E-state index in [0.717, 1.165) is 22.1 Å². The van der Waals surface area contributed by atoms with Crippen LogP contribution in [0.25, 0.3) is 11.3 Å². The molecular weight excluding hydrogens is 369 g/mol. The highest BCUT2D eigenvalue weighted by Crippen LogP contribution is 2.26. The Morgan fingerprint density at radius 1 is 1.11 bits per heavy atom. The third kappa shape index (κ3) is 3.10. The summed E-state index contributed by atoms with van der Waals surface area (Å²) in [4.78, 5) is 8.67. The lowest BCUT2D eigenvalue weighted by Gasteiger charge is -2.01. The van der Waals surface area contributed by atoms with Gasteiger partial charge in [-0.25, -0.2) is 4.98 Å². The number of nitrogens with zero attached hydrogens (tertiary/aromatic N) is 2. The average Bonchev–Trinajstić information content (AvgIpc) is 2.91. The van der Waals surface area contributed by atoms with Crippen molar-refractivity contribution < 1.29 is 0 Å². The number of halogens is 1. The van der Waals surface area contributed by atoms with Crippen molar-refractivity contribution in [3.63, 3.8) is 0 Å². The fourth-order valence-corrected chi connectivity index (χ4v) is 2.73. The molecule has 0 fully saturated rings. The molecule has 0 saturated carbocycles. The van der Waals surface area contributed by atoms with E-state index in [-0.39, 0.29) is 0 Å². The molecule has 3 nitrogen and oxygen atoms in total. The van der Waals surface area contributed by atoms with E-state index in [1.807, 2.05) is 35.8 Å². The molecule has 3 rings (SSSR count). The minimum absolute atomic E-state index is 0.889. The van der Waals surface area contributed by atoms with Crippen LogP contribution in [-0.2, 0) is 0 Å². The lowest BCUT2D eigenvalue weighted by Crippen LogP contribution is -1.89. The van der Waals surface area contributed by atoms with Gasteiger partial charge in [0.15, 0.2) is 5.13 Å². The zero-order valence-electron chi connectivity index (χ0n) is 9.88. The van der Waals surface area contributed by atoms with Crippen molar-refractivity contribution in [2.75, 3.05) is 5.32 Å². The molecule has 0 radical (unpaired) electrons. The van der Waals surface area contributed by atoms with Gasteiger partial charge in [0.05, 0.1) is 5.69 Å². The molecular formula is C14H10IN3S. The van der Waals surface area contributed by atoms with Crippen molar-refractivity contribution in [3.8, 4) is 11.3 Å². The first kappa shape index (κ1) is 12.6. The molecule has 2 heterocycles. The van der Waals surface area contributed by atoms with Gasteiger partial charge in [0.2, 0.25) is 0 Å². The SMILES string of the molecule is Ic1ccc(Nc2nc(-c3cccnc3)cs2)cc1. The second kappa shape index (κ2) is 5.66. The first-order valence-corrected chi connectivity index (χ1v) is 7.65. The maximum Gasteiger partial charge on any atom is 0.187 e. The predicted molar refractivity (Wildman–Crippen MR) is 87.8 cm³/mol. The number of anilines is 2. The summed E-state index contributed by atoms with van der Waals surface area (Å²) in [7, 11) is 0. The zero-order valence-corrected chi connectivity index (χ0v) is 12.9. The number of benzene rings is 1. The summed E-state index contributed by atoms with van der Waals surface area (Å²) in [6, 6.07) is 12.2. The summed E-state index contributed by atoms with van der Waals surface area (Å²) < 4.78 is 1.22. The Balaban J connectivity index is 1.80. The molecule has 0 aliphatic heterocycles. The Hall–Kier alpha value is -1.47. The van der Waals surface area contributed by atoms with Gasteiger partial charge in [0.1, 0.15) is 0 Å². The third-order valence-electron chi connectivity index (χ3n) is 2.56. The zero-order chi connectivity index (χ0) is 13.1. The van der Waals surface area contributed by atoms with E-state index >= 15 is 0 Å². The van der Waals surface area contributed by atoms with Crippen molar-refractivity contribution >= 4 is 44.7 Å². The molecule has 0 atom stereocenters. The van der Waals surface area contributed by atoms with E-state index in [2.05, 4.69) is 50.0 Å². The lowest BCUT2D eigenvalue weighted by molar-refractivity contribution is 1.30. The van der Waals surface area contributed by atoms with Crippen LogP contribution in [0, 0.1) is 3.57 Å². The van der Waals surface area contributed by atoms with Gasteiger partial charge < -0.3 is 5.32 Å². The number of pyridine rings is 1. The molecule has 3 aromatic rings. The summed E-state index contributed by atoms with van der Waals surface area (Å²) in [5.74, 6) is 0. The number of rotatable bonds is 3. The molecule has 0 spiro atoms. The minimum Gasteiger partial charge on any atom is -0.332 e. The van der Waals surface area contributed by atoms with Crippen LogP contribution in [0.15, 0.2) is 54.2 Å². The van der Waals surface area contributed by atoms with E-state index in [4.69, 9.17) is 0 Å². The average molecular weight is 379 g/mol. The summed E-state index contributed by atoms with van der Waals surface area (Å²) in [6.45, 7) is 0. The van der Waals surface area contributed by atoms with Crippen LogP contribution in [0.2, 0.25) is 0 Å². The first-order valence-electron chi connectivity index (χ1n) is 5.70. The summed E-state index contributed by atoms with van der Waals surface area (Å²) in [6.07, 6.45) is 3.59. The van der Waals surface area contributed by atoms with Crippen molar-refractivity contribution in [1.82, 2.24) is 9.97 Å². The molecule has 0 unspecified atom stereocenters. The number of hydrogen-bond donors (Lipinski definition) is 1. The van der Waals surface area contributed by atoms with E-state index in [9.17, 15) is 0 Å². The molecule has 2 aromatic heterocycles. The highest BCUT2D eigenvalue weighted by Gasteiger charge is 2.04. The predicted octanol–water partition coefficient (Wildman–Crippen LogP) is 4.55. The Bertz CT molecular complexity index is 665.